The summed E-state index contributed by atoms with van der Waals surface area (Å²) in [4.78, 5) is 42.4. The van der Waals surface area contributed by atoms with Crippen molar-refractivity contribution in [3.63, 3.8) is 0 Å². The normalized spacial score (nSPS) is 15.3. The lowest BCUT2D eigenvalue weighted by atomic mass is 10.0. The molecule has 11 heteroatoms. The van der Waals surface area contributed by atoms with Crippen LogP contribution in [0.2, 0.25) is 5.02 Å². The number of carbonyl (C=O) groups excluding carboxylic acids is 3. The minimum atomic E-state index is -0.950. The first-order valence-corrected chi connectivity index (χ1v) is 11.4. The maximum absolute atomic E-state index is 13.4. The van der Waals surface area contributed by atoms with Crippen LogP contribution in [0.4, 0.5) is 5.69 Å². The summed E-state index contributed by atoms with van der Waals surface area (Å²) in [5.41, 5.74) is 0.978. The molecule has 35 heavy (non-hydrogen) atoms. The fraction of sp³-hybridized carbons (Fsp3) is 0.333. The first-order valence-electron chi connectivity index (χ1n) is 11.0. The molecule has 2 heterocycles. The second-order valence-electron chi connectivity index (χ2n) is 9.13. The number of halogens is 1. The molecule has 0 radical (unpaired) electrons. The number of ether oxygens (including phenoxy) is 1. The summed E-state index contributed by atoms with van der Waals surface area (Å²) in [6, 6.07) is 13.2. The van der Waals surface area contributed by atoms with Gasteiger partial charge in [0, 0.05) is 11.4 Å². The highest BCUT2D eigenvalue weighted by molar-refractivity contribution is 6.31. The third kappa shape index (κ3) is 5.65. The Bertz CT molecular complexity index is 1230. The number of esters is 1. The van der Waals surface area contributed by atoms with E-state index in [0.29, 0.717) is 16.4 Å². The first-order chi connectivity index (χ1) is 16.6. The second-order valence-corrected chi connectivity index (χ2v) is 9.56. The number of amides is 2. The number of hydrogen-bond acceptors (Lipinski definition) is 7. The summed E-state index contributed by atoms with van der Waals surface area (Å²) in [7, 11) is 0. The van der Waals surface area contributed by atoms with Gasteiger partial charge in [-0.2, -0.15) is 4.68 Å². The second kappa shape index (κ2) is 9.83. The van der Waals surface area contributed by atoms with Crippen LogP contribution in [0.25, 0.3) is 5.69 Å². The molecule has 10 nitrogen and oxygen atoms in total. The van der Waals surface area contributed by atoms with Crippen LogP contribution in [0.15, 0.2) is 54.9 Å². The summed E-state index contributed by atoms with van der Waals surface area (Å²) >= 11 is 6.20. The number of tetrazole rings is 1. The number of piperazine rings is 1. The Balaban J connectivity index is 1.63. The highest BCUT2D eigenvalue weighted by Gasteiger charge is 2.40. The van der Waals surface area contributed by atoms with Crippen molar-refractivity contribution < 1.29 is 19.1 Å². The van der Waals surface area contributed by atoms with Crippen molar-refractivity contribution in [3.8, 4) is 5.69 Å². The van der Waals surface area contributed by atoms with Crippen LogP contribution in [-0.4, -0.2) is 67.6 Å². The minimum absolute atomic E-state index is 0.224. The van der Waals surface area contributed by atoms with Crippen molar-refractivity contribution >= 4 is 35.1 Å². The molecule has 1 saturated heterocycles. The molecule has 1 atom stereocenters. The average molecular weight is 497 g/mol. The topological polar surface area (TPSA) is 111 Å². The van der Waals surface area contributed by atoms with E-state index >= 15 is 0 Å². The third-order valence-corrected chi connectivity index (χ3v) is 5.61. The maximum Gasteiger partial charge on any atom is 0.329 e. The number of anilines is 1. The molecule has 1 aromatic heterocycles. The highest BCUT2D eigenvalue weighted by atomic mass is 35.5. The number of carbonyl (C=O) groups is 3. The van der Waals surface area contributed by atoms with Gasteiger partial charge in [0.2, 0.25) is 11.8 Å². The standard InChI is InChI=1S/C24H25ClN6O4/c1-24(2,3)35-23(34)20(11-16-7-5-4-6-8-16)30-14-21(32)29(13-22(30)33)19-12-17(25)9-10-18(19)31-15-26-27-28-31/h4-10,12,15,20H,11,13-14H2,1-3H3. The van der Waals surface area contributed by atoms with Gasteiger partial charge < -0.3 is 9.64 Å². The van der Waals surface area contributed by atoms with Crippen molar-refractivity contribution in [3.05, 3.63) is 65.4 Å². The van der Waals surface area contributed by atoms with Crippen LogP contribution in [0.5, 0.6) is 0 Å². The molecule has 1 aliphatic rings. The van der Waals surface area contributed by atoms with Gasteiger partial charge in [-0.05, 0) is 55.0 Å². The van der Waals surface area contributed by atoms with Crippen molar-refractivity contribution in [1.29, 1.82) is 0 Å². The summed E-state index contributed by atoms with van der Waals surface area (Å²) in [6.45, 7) is 4.71. The molecule has 0 bridgehead atoms. The predicted octanol–water partition coefficient (Wildman–Crippen LogP) is 2.44. The smallest absolute Gasteiger partial charge is 0.329 e. The molecule has 0 saturated carbocycles. The van der Waals surface area contributed by atoms with Crippen molar-refractivity contribution in [2.24, 2.45) is 0 Å². The van der Waals surface area contributed by atoms with E-state index < -0.39 is 17.6 Å². The van der Waals surface area contributed by atoms with Gasteiger partial charge in [0.05, 0.1) is 11.4 Å². The van der Waals surface area contributed by atoms with E-state index in [1.54, 1.807) is 39.0 Å². The SMILES string of the molecule is CC(C)(C)OC(=O)C(Cc1ccccc1)N1CC(=O)N(c2cc(Cl)ccc2-n2cnnn2)CC1=O. The van der Waals surface area contributed by atoms with Gasteiger partial charge in [0.15, 0.2) is 0 Å². The summed E-state index contributed by atoms with van der Waals surface area (Å²) in [6.07, 6.45) is 1.61. The zero-order valence-electron chi connectivity index (χ0n) is 19.6. The monoisotopic (exact) mass is 496 g/mol. The van der Waals surface area contributed by atoms with Gasteiger partial charge in [0.1, 0.15) is 31.1 Å². The zero-order chi connectivity index (χ0) is 25.2. The molecule has 0 aliphatic carbocycles. The molecular weight excluding hydrogens is 472 g/mol. The highest BCUT2D eigenvalue weighted by Crippen LogP contribution is 2.30. The molecule has 2 aromatic carbocycles. The number of nitrogens with zero attached hydrogens (tertiary/aromatic N) is 6. The number of benzene rings is 2. The molecule has 0 N–H and O–H groups in total. The van der Waals surface area contributed by atoms with Gasteiger partial charge in [0.25, 0.3) is 0 Å². The van der Waals surface area contributed by atoms with Gasteiger partial charge in [-0.15, -0.1) is 5.10 Å². The van der Waals surface area contributed by atoms with Crippen molar-refractivity contribution in [2.75, 3.05) is 18.0 Å². The Labute approximate surface area is 207 Å². The molecule has 1 fully saturated rings. The van der Waals surface area contributed by atoms with Crippen LogP contribution in [0.3, 0.4) is 0 Å². The van der Waals surface area contributed by atoms with Gasteiger partial charge >= 0.3 is 5.97 Å². The van der Waals surface area contributed by atoms with E-state index in [1.807, 2.05) is 30.3 Å². The Morgan fingerprint density at radius 1 is 1.06 bits per heavy atom. The van der Waals surface area contributed by atoms with Gasteiger partial charge in [-0.1, -0.05) is 41.9 Å². The lowest BCUT2D eigenvalue weighted by Crippen LogP contribution is -2.60. The van der Waals surface area contributed by atoms with Crippen LogP contribution in [0.1, 0.15) is 26.3 Å². The number of hydrogen-bond donors (Lipinski definition) is 0. The molecule has 2 amide bonds. The van der Waals surface area contributed by atoms with E-state index in [1.165, 1.54) is 20.8 Å². The van der Waals surface area contributed by atoms with Gasteiger partial charge in [-0.25, -0.2) is 4.79 Å². The lowest BCUT2D eigenvalue weighted by molar-refractivity contribution is -0.165. The maximum atomic E-state index is 13.4. The largest absolute Gasteiger partial charge is 0.458 e. The van der Waals surface area contributed by atoms with Crippen molar-refractivity contribution in [2.45, 2.75) is 38.8 Å². The van der Waals surface area contributed by atoms with E-state index in [0.717, 1.165) is 5.56 Å². The molecule has 3 aromatic rings. The summed E-state index contributed by atoms with van der Waals surface area (Å²) in [5, 5.41) is 11.5. The van der Waals surface area contributed by atoms with Gasteiger partial charge in [-0.3, -0.25) is 14.5 Å². The van der Waals surface area contributed by atoms with E-state index in [9.17, 15) is 14.4 Å². The summed E-state index contributed by atoms with van der Waals surface area (Å²) < 4.78 is 6.99. The van der Waals surface area contributed by atoms with E-state index in [2.05, 4.69) is 15.5 Å². The lowest BCUT2D eigenvalue weighted by Gasteiger charge is -2.38. The Morgan fingerprint density at radius 3 is 2.46 bits per heavy atom. The van der Waals surface area contributed by atoms with E-state index in [-0.39, 0.29) is 31.3 Å². The number of rotatable bonds is 6. The molecule has 4 rings (SSSR count). The predicted molar refractivity (Wildman–Crippen MR) is 128 cm³/mol. The third-order valence-electron chi connectivity index (χ3n) is 5.37. The van der Waals surface area contributed by atoms with Crippen LogP contribution >= 0.6 is 11.6 Å². The van der Waals surface area contributed by atoms with Crippen LogP contribution < -0.4 is 4.90 Å². The fourth-order valence-electron chi connectivity index (χ4n) is 3.84. The zero-order valence-corrected chi connectivity index (χ0v) is 20.3. The van der Waals surface area contributed by atoms with Crippen LogP contribution in [0, 0.1) is 0 Å². The minimum Gasteiger partial charge on any atom is -0.458 e. The fourth-order valence-corrected chi connectivity index (χ4v) is 4.01. The molecule has 182 valence electrons. The molecule has 1 aliphatic heterocycles. The Kier molecular flexibility index (Phi) is 6.83. The number of aromatic nitrogens is 4. The molecule has 1 unspecified atom stereocenters. The summed E-state index contributed by atoms with van der Waals surface area (Å²) in [5.74, 6) is -1.32. The molecular formula is C24H25ClN6O4. The Hall–Kier alpha value is -3.79. The van der Waals surface area contributed by atoms with Crippen molar-refractivity contribution in [1.82, 2.24) is 25.1 Å². The molecule has 0 spiro atoms. The quantitative estimate of drug-likeness (QED) is 0.482. The average Bonchev–Trinajstić information content (AvgIpc) is 3.33. The van der Waals surface area contributed by atoms with Crippen LogP contribution in [-0.2, 0) is 25.5 Å². The Morgan fingerprint density at radius 2 is 1.80 bits per heavy atom. The first kappa shape index (κ1) is 24.3. The van der Waals surface area contributed by atoms with E-state index in [4.69, 9.17) is 16.3 Å².